The largest absolute Gasteiger partial charge is 0.348 e. The van der Waals surface area contributed by atoms with Crippen molar-refractivity contribution in [3.05, 3.63) is 82.8 Å². The Hall–Kier alpha value is -2.88. The fourth-order valence-corrected chi connectivity index (χ4v) is 2.59. The third-order valence-electron chi connectivity index (χ3n) is 3.86. The summed E-state index contributed by atoms with van der Waals surface area (Å²) in [5.41, 5.74) is 0.860. The average Bonchev–Trinajstić information content (AvgIpc) is 2.56. The van der Waals surface area contributed by atoms with Crippen molar-refractivity contribution in [3.8, 4) is 0 Å². The van der Waals surface area contributed by atoms with Gasteiger partial charge in [0, 0.05) is 12.3 Å². The summed E-state index contributed by atoms with van der Waals surface area (Å²) < 4.78 is 1.39. The summed E-state index contributed by atoms with van der Waals surface area (Å²) in [4.78, 5) is 23.8. The number of hydrogen-bond donors (Lipinski definition) is 1. The van der Waals surface area contributed by atoms with Gasteiger partial charge in [-0.1, -0.05) is 42.5 Å². The molecular weight excluding hydrogens is 288 g/mol. The van der Waals surface area contributed by atoms with Crippen molar-refractivity contribution in [3.63, 3.8) is 0 Å². The molecule has 2 aromatic carbocycles. The molecule has 0 aliphatic heterocycles. The predicted molar refractivity (Wildman–Crippen MR) is 91.2 cm³/mol. The molecule has 0 aliphatic carbocycles. The molecule has 0 fully saturated rings. The number of rotatable bonds is 4. The first-order valence-electron chi connectivity index (χ1n) is 7.57. The lowest BCUT2D eigenvalue weighted by atomic mass is 10.0. The lowest BCUT2D eigenvalue weighted by molar-refractivity contribution is -0.122. The van der Waals surface area contributed by atoms with Crippen LogP contribution >= 0.6 is 0 Å². The maximum atomic E-state index is 12.1. The second-order valence-electron chi connectivity index (χ2n) is 5.56. The zero-order valence-corrected chi connectivity index (χ0v) is 12.9. The zero-order valence-electron chi connectivity index (χ0n) is 12.9. The Labute approximate surface area is 134 Å². The summed E-state index contributed by atoms with van der Waals surface area (Å²) in [6, 6.07) is 19.0. The first kappa shape index (κ1) is 15.0. The number of carbonyl (C=O) groups excluding carboxylic acids is 1. The van der Waals surface area contributed by atoms with Crippen molar-refractivity contribution in [2.24, 2.45) is 0 Å². The van der Waals surface area contributed by atoms with Crippen molar-refractivity contribution in [1.29, 1.82) is 0 Å². The SMILES string of the molecule is C[C@@H](NC(=O)Cn1ccccc1=O)c1ccc2ccccc2c1. The molecule has 1 N–H and O–H groups in total. The second kappa shape index (κ2) is 6.48. The van der Waals surface area contributed by atoms with E-state index in [2.05, 4.69) is 29.6 Å². The maximum Gasteiger partial charge on any atom is 0.250 e. The number of fused-ring (bicyclic) bond motifs is 1. The van der Waals surface area contributed by atoms with Crippen LogP contribution in [0.25, 0.3) is 10.8 Å². The highest BCUT2D eigenvalue weighted by Crippen LogP contribution is 2.20. The molecule has 1 aromatic heterocycles. The first-order valence-corrected chi connectivity index (χ1v) is 7.57. The molecule has 0 aliphatic rings. The smallest absolute Gasteiger partial charge is 0.250 e. The van der Waals surface area contributed by atoms with Crippen LogP contribution in [-0.2, 0) is 11.3 Å². The van der Waals surface area contributed by atoms with Gasteiger partial charge in [0.2, 0.25) is 5.91 Å². The van der Waals surface area contributed by atoms with Crippen LogP contribution in [-0.4, -0.2) is 10.5 Å². The minimum absolute atomic E-state index is 0.0254. The van der Waals surface area contributed by atoms with Crippen molar-refractivity contribution in [2.75, 3.05) is 0 Å². The number of nitrogens with one attached hydrogen (secondary N) is 1. The monoisotopic (exact) mass is 306 g/mol. The van der Waals surface area contributed by atoms with E-state index < -0.39 is 0 Å². The third-order valence-corrected chi connectivity index (χ3v) is 3.86. The number of hydrogen-bond acceptors (Lipinski definition) is 2. The number of carbonyl (C=O) groups is 1. The number of nitrogens with zero attached hydrogens (tertiary/aromatic N) is 1. The molecule has 0 radical (unpaired) electrons. The molecule has 3 rings (SSSR count). The normalized spacial score (nSPS) is 12.0. The van der Waals surface area contributed by atoms with E-state index in [1.807, 2.05) is 25.1 Å². The van der Waals surface area contributed by atoms with E-state index >= 15 is 0 Å². The van der Waals surface area contributed by atoms with Crippen molar-refractivity contribution in [2.45, 2.75) is 19.5 Å². The average molecular weight is 306 g/mol. The molecule has 0 saturated heterocycles. The molecule has 116 valence electrons. The molecule has 0 bridgehead atoms. The van der Waals surface area contributed by atoms with Crippen LogP contribution in [0.15, 0.2) is 71.7 Å². The first-order chi connectivity index (χ1) is 11.1. The van der Waals surface area contributed by atoms with E-state index in [0.29, 0.717) is 0 Å². The van der Waals surface area contributed by atoms with Gasteiger partial charge in [-0.05, 0) is 35.4 Å². The van der Waals surface area contributed by atoms with Crippen LogP contribution in [0.5, 0.6) is 0 Å². The Bertz CT molecular complexity index is 899. The standard InChI is InChI=1S/C19H18N2O2/c1-14(16-10-9-15-6-2-3-7-17(15)12-16)20-18(22)13-21-11-5-4-8-19(21)23/h2-12,14H,13H2,1H3,(H,20,22)/t14-/m1/s1. The topological polar surface area (TPSA) is 51.1 Å². The summed E-state index contributed by atoms with van der Waals surface area (Å²) in [6.45, 7) is 1.97. The van der Waals surface area contributed by atoms with Gasteiger partial charge in [-0.25, -0.2) is 0 Å². The van der Waals surface area contributed by atoms with E-state index in [-0.39, 0.29) is 24.1 Å². The van der Waals surface area contributed by atoms with Gasteiger partial charge in [-0.15, -0.1) is 0 Å². The molecule has 4 nitrogen and oxygen atoms in total. The van der Waals surface area contributed by atoms with Crippen molar-refractivity contribution < 1.29 is 4.79 Å². The number of aromatic nitrogens is 1. The van der Waals surface area contributed by atoms with Crippen LogP contribution in [0.2, 0.25) is 0 Å². The lowest BCUT2D eigenvalue weighted by Crippen LogP contribution is -2.33. The zero-order chi connectivity index (χ0) is 16.2. The van der Waals surface area contributed by atoms with Gasteiger partial charge in [-0.2, -0.15) is 0 Å². The molecule has 3 aromatic rings. The maximum absolute atomic E-state index is 12.1. The van der Waals surface area contributed by atoms with E-state index in [1.165, 1.54) is 16.0 Å². The quantitative estimate of drug-likeness (QED) is 0.806. The van der Waals surface area contributed by atoms with E-state index in [4.69, 9.17) is 0 Å². The van der Waals surface area contributed by atoms with Gasteiger partial charge in [0.1, 0.15) is 6.54 Å². The van der Waals surface area contributed by atoms with Crippen LogP contribution in [0, 0.1) is 0 Å². The molecule has 23 heavy (non-hydrogen) atoms. The fourth-order valence-electron chi connectivity index (χ4n) is 2.59. The second-order valence-corrected chi connectivity index (χ2v) is 5.56. The molecule has 1 heterocycles. The summed E-state index contributed by atoms with van der Waals surface area (Å²) in [7, 11) is 0. The minimum Gasteiger partial charge on any atom is -0.348 e. The predicted octanol–water partition coefficient (Wildman–Crippen LogP) is 2.88. The molecular formula is C19H18N2O2. The van der Waals surface area contributed by atoms with Gasteiger partial charge in [-0.3, -0.25) is 9.59 Å². The lowest BCUT2D eigenvalue weighted by Gasteiger charge is -2.15. The molecule has 1 amide bonds. The Morgan fingerprint density at radius 2 is 1.78 bits per heavy atom. The van der Waals surface area contributed by atoms with Crippen LogP contribution in [0.3, 0.4) is 0 Å². The Kier molecular flexibility index (Phi) is 4.24. The molecule has 0 unspecified atom stereocenters. The summed E-state index contributed by atoms with van der Waals surface area (Å²) >= 11 is 0. The number of pyridine rings is 1. The van der Waals surface area contributed by atoms with Gasteiger partial charge < -0.3 is 9.88 Å². The fraction of sp³-hybridized carbons (Fsp3) is 0.158. The van der Waals surface area contributed by atoms with Crippen molar-refractivity contribution >= 4 is 16.7 Å². The number of amides is 1. The summed E-state index contributed by atoms with van der Waals surface area (Å²) in [6.07, 6.45) is 1.61. The highest BCUT2D eigenvalue weighted by Gasteiger charge is 2.11. The van der Waals surface area contributed by atoms with Gasteiger partial charge in [0.25, 0.3) is 5.56 Å². The molecule has 1 atom stereocenters. The molecule has 4 heteroatoms. The third kappa shape index (κ3) is 3.48. The van der Waals surface area contributed by atoms with Crippen LogP contribution in [0.1, 0.15) is 18.5 Å². The molecule has 0 saturated carbocycles. The summed E-state index contributed by atoms with van der Waals surface area (Å²) in [5, 5.41) is 5.25. The van der Waals surface area contributed by atoms with Crippen LogP contribution < -0.4 is 10.9 Å². The van der Waals surface area contributed by atoms with Crippen LogP contribution in [0.4, 0.5) is 0 Å². The molecule has 0 spiro atoms. The van der Waals surface area contributed by atoms with E-state index in [9.17, 15) is 9.59 Å². The van der Waals surface area contributed by atoms with Gasteiger partial charge >= 0.3 is 0 Å². The summed E-state index contributed by atoms with van der Waals surface area (Å²) in [5.74, 6) is -0.182. The Morgan fingerprint density at radius 3 is 2.57 bits per heavy atom. The highest BCUT2D eigenvalue weighted by atomic mass is 16.2. The minimum atomic E-state index is -0.182. The van der Waals surface area contributed by atoms with Gasteiger partial charge in [0.15, 0.2) is 0 Å². The van der Waals surface area contributed by atoms with E-state index in [0.717, 1.165) is 10.9 Å². The number of benzene rings is 2. The van der Waals surface area contributed by atoms with Crippen molar-refractivity contribution in [1.82, 2.24) is 9.88 Å². The highest BCUT2D eigenvalue weighted by molar-refractivity contribution is 5.83. The van der Waals surface area contributed by atoms with Gasteiger partial charge in [0.05, 0.1) is 6.04 Å². The Balaban J connectivity index is 1.72. The Morgan fingerprint density at radius 1 is 1.04 bits per heavy atom. The van der Waals surface area contributed by atoms with E-state index in [1.54, 1.807) is 18.3 Å².